The maximum atomic E-state index is 5.79. The number of rotatable bonds is 6. The molecule has 3 aromatic heterocycles. The Balaban J connectivity index is 1.48. The Morgan fingerprint density at radius 2 is 1.93 bits per heavy atom. The molecule has 4 aromatic rings. The van der Waals surface area contributed by atoms with Crippen molar-refractivity contribution in [3.05, 3.63) is 77.3 Å². The van der Waals surface area contributed by atoms with Gasteiger partial charge in [-0.2, -0.15) is 5.10 Å². The first kappa shape index (κ1) is 18.3. The van der Waals surface area contributed by atoms with Gasteiger partial charge in [0, 0.05) is 18.8 Å². The number of aromatic nitrogens is 3. The standard InChI is InChI=1S/C22H24N4O2/c1-15-10-16(2)26(24-15)20-7-5-6-18(11-20)12-25(4)13-21-17(3)28-22(23-21)19-8-9-27-14-19/h5-11,14H,12-13H2,1-4H3. The van der Waals surface area contributed by atoms with E-state index in [0.717, 1.165) is 40.6 Å². The van der Waals surface area contributed by atoms with E-state index >= 15 is 0 Å². The van der Waals surface area contributed by atoms with E-state index in [2.05, 4.69) is 59.3 Å². The molecule has 0 aliphatic carbocycles. The molecule has 144 valence electrons. The molecule has 0 radical (unpaired) electrons. The Kier molecular flexibility index (Phi) is 4.88. The van der Waals surface area contributed by atoms with E-state index in [-0.39, 0.29) is 0 Å². The van der Waals surface area contributed by atoms with Crippen molar-refractivity contribution in [1.29, 1.82) is 0 Å². The third-order valence-corrected chi connectivity index (χ3v) is 4.70. The van der Waals surface area contributed by atoms with Crippen molar-refractivity contribution in [3.8, 4) is 17.1 Å². The van der Waals surface area contributed by atoms with Crippen molar-refractivity contribution < 1.29 is 8.83 Å². The van der Waals surface area contributed by atoms with Gasteiger partial charge in [-0.05, 0) is 57.6 Å². The second-order valence-corrected chi connectivity index (χ2v) is 7.22. The van der Waals surface area contributed by atoms with Crippen molar-refractivity contribution in [2.24, 2.45) is 0 Å². The fourth-order valence-corrected chi connectivity index (χ4v) is 3.38. The van der Waals surface area contributed by atoms with E-state index < -0.39 is 0 Å². The lowest BCUT2D eigenvalue weighted by Crippen LogP contribution is -2.18. The first-order valence-electron chi connectivity index (χ1n) is 9.29. The largest absolute Gasteiger partial charge is 0.472 e. The molecule has 0 amide bonds. The van der Waals surface area contributed by atoms with Gasteiger partial charge in [-0.25, -0.2) is 9.67 Å². The van der Waals surface area contributed by atoms with Crippen molar-refractivity contribution in [3.63, 3.8) is 0 Å². The average molecular weight is 376 g/mol. The average Bonchev–Trinajstić information content (AvgIpc) is 3.37. The van der Waals surface area contributed by atoms with Crippen molar-refractivity contribution >= 4 is 0 Å². The molecular weight excluding hydrogens is 352 g/mol. The van der Waals surface area contributed by atoms with Gasteiger partial charge in [0.25, 0.3) is 0 Å². The van der Waals surface area contributed by atoms with E-state index in [1.807, 2.05) is 24.6 Å². The van der Waals surface area contributed by atoms with Crippen LogP contribution in [0.1, 0.15) is 28.4 Å². The molecule has 4 rings (SSSR count). The molecule has 0 aliphatic heterocycles. The lowest BCUT2D eigenvalue weighted by atomic mass is 10.2. The van der Waals surface area contributed by atoms with Gasteiger partial charge >= 0.3 is 0 Å². The van der Waals surface area contributed by atoms with Crippen LogP contribution in [0.5, 0.6) is 0 Å². The van der Waals surface area contributed by atoms with Crippen molar-refractivity contribution in [1.82, 2.24) is 19.7 Å². The minimum Gasteiger partial charge on any atom is -0.472 e. The molecule has 0 atom stereocenters. The molecule has 0 spiro atoms. The molecule has 6 heteroatoms. The number of hydrogen-bond acceptors (Lipinski definition) is 5. The third kappa shape index (κ3) is 3.77. The smallest absolute Gasteiger partial charge is 0.229 e. The number of aryl methyl sites for hydroxylation is 3. The van der Waals surface area contributed by atoms with Gasteiger partial charge in [0.05, 0.1) is 28.9 Å². The number of benzene rings is 1. The summed E-state index contributed by atoms with van der Waals surface area (Å²) in [6.07, 6.45) is 3.26. The van der Waals surface area contributed by atoms with Crippen LogP contribution < -0.4 is 0 Å². The first-order valence-corrected chi connectivity index (χ1v) is 9.29. The zero-order chi connectivity index (χ0) is 19.7. The van der Waals surface area contributed by atoms with E-state index in [1.54, 1.807) is 12.5 Å². The monoisotopic (exact) mass is 376 g/mol. The molecule has 3 heterocycles. The summed E-state index contributed by atoms with van der Waals surface area (Å²) in [5.41, 5.74) is 6.26. The number of oxazole rings is 1. The van der Waals surface area contributed by atoms with Crippen LogP contribution >= 0.6 is 0 Å². The van der Waals surface area contributed by atoms with Crippen LogP contribution in [0, 0.1) is 20.8 Å². The summed E-state index contributed by atoms with van der Waals surface area (Å²) in [6, 6.07) is 12.4. The van der Waals surface area contributed by atoms with E-state index in [1.165, 1.54) is 5.56 Å². The lowest BCUT2D eigenvalue weighted by Gasteiger charge is -2.16. The highest BCUT2D eigenvalue weighted by molar-refractivity contribution is 5.51. The fourth-order valence-electron chi connectivity index (χ4n) is 3.38. The molecule has 1 aromatic carbocycles. The number of hydrogen-bond donors (Lipinski definition) is 0. The number of nitrogens with zero attached hydrogens (tertiary/aromatic N) is 4. The summed E-state index contributed by atoms with van der Waals surface area (Å²) < 4.78 is 12.9. The number of furan rings is 1. The molecule has 6 nitrogen and oxygen atoms in total. The highest BCUT2D eigenvalue weighted by atomic mass is 16.4. The minimum absolute atomic E-state index is 0.598. The quantitative estimate of drug-likeness (QED) is 0.489. The van der Waals surface area contributed by atoms with E-state index in [0.29, 0.717) is 12.4 Å². The summed E-state index contributed by atoms with van der Waals surface area (Å²) >= 11 is 0. The Labute approximate surface area is 164 Å². The van der Waals surface area contributed by atoms with Gasteiger partial charge in [0.15, 0.2) is 0 Å². The van der Waals surface area contributed by atoms with Gasteiger partial charge in [0.2, 0.25) is 5.89 Å². The molecule has 0 bridgehead atoms. The van der Waals surface area contributed by atoms with Crippen molar-refractivity contribution in [2.75, 3.05) is 7.05 Å². The predicted molar refractivity (Wildman–Crippen MR) is 107 cm³/mol. The van der Waals surface area contributed by atoms with Crippen LogP contribution in [0.3, 0.4) is 0 Å². The molecule has 0 fully saturated rings. The van der Waals surface area contributed by atoms with E-state index in [4.69, 9.17) is 8.83 Å². The Morgan fingerprint density at radius 3 is 2.64 bits per heavy atom. The molecule has 28 heavy (non-hydrogen) atoms. The van der Waals surface area contributed by atoms with Crippen LogP contribution in [-0.2, 0) is 13.1 Å². The normalized spacial score (nSPS) is 11.5. The molecule has 0 unspecified atom stereocenters. The summed E-state index contributed by atoms with van der Waals surface area (Å²) in [5.74, 6) is 1.43. The summed E-state index contributed by atoms with van der Waals surface area (Å²) in [7, 11) is 2.08. The highest BCUT2D eigenvalue weighted by Crippen LogP contribution is 2.23. The maximum Gasteiger partial charge on any atom is 0.229 e. The van der Waals surface area contributed by atoms with Gasteiger partial charge in [-0.15, -0.1) is 0 Å². The molecule has 0 saturated heterocycles. The van der Waals surface area contributed by atoms with Crippen LogP contribution in [0.15, 0.2) is 57.8 Å². The highest BCUT2D eigenvalue weighted by Gasteiger charge is 2.14. The maximum absolute atomic E-state index is 5.79. The summed E-state index contributed by atoms with van der Waals surface area (Å²) in [5, 5.41) is 4.58. The van der Waals surface area contributed by atoms with Crippen LogP contribution in [0.4, 0.5) is 0 Å². The van der Waals surface area contributed by atoms with Gasteiger partial charge in [-0.1, -0.05) is 12.1 Å². The second kappa shape index (κ2) is 7.48. The van der Waals surface area contributed by atoms with Gasteiger partial charge in [-0.3, -0.25) is 4.90 Å². The summed E-state index contributed by atoms with van der Waals surface area (Å²) in [6.45, 7) is 7.55. The zero-order valence-corrected chi connectivity index (χ0v) is 16.6. The zero-order valence-electron chi connectivity index (χ0n) is 16.6. The predicted octanol–water partition coefficient (Wildman–Crippen LogP) is 4.68. The third-order valence-electron chi connectivity index (χ3n) is 4.70. The van der Waals surface area contributed by atoms with Crippen LogP contribution in [0.25, 0.3) is 17.1 Å². The second-order valence-electron chi connectivity index (χ2n) is 7.22. The van der Waals surface area contributed by atoms with Crippen LogP contribution in [-0.4, -0.2) is 26.7 Å². The van der Waals surface area contributed by atoms with Gasteiger partial charge < -0.3 is 8.83 Å². The summed E-state index contributed by atoms with van der Waals surface area (Å²) in [4.78, 5) is 6.86. The van der Waals surface area contributed by atoms with E-state index in [9.17, 15) is 0 Å². The molecule has 0 aliphatic rings. The van der Waals surface area contributed by atoms with Crippen LogP contribution in [0.2, 0.25) is 0 Å². The van der Waals surface area contributed by atoms with Crippen molar-refractivity contribution in [2.45, 2.75) is 33.9 Å². The topological polar surface area (TPSA) is 60.2 Å². The SMILES string of the molecule is Cc1cc(C)n(-c2cccc(CN(C)Cc3nc(-c4ccoc4)oc3C)c2)n1. The molecule has 0 saturated carbocycles. The molecular formula is C22H24N4O2. The van der Waals surface area contributed by atoms with Gasteiger partial charge in [0.1, 0.15) is 12.0 Å². The minimum atomic E-state index is 0.598. The molecule has 0 N–H and O–H groups in total. The lowest BCUT2D eigenvalue weighted by molar-refractivity contribution is 0.313. The Morgan fingerprint density at radius 1 is 1.07 bits per heavy atom. The fraction of sp³-hybridized carbons (Fsp3) is 0.273. The Hall–Kier alpha value is -3.12. The Bertz CT molecular complexity index is 1080. The first-order chi connectivity index (χ1) is 13.5.